The zero-order valence-corrected chi connectivity index (χ0v) is 11.2. The van der Waals surface area contributed by atoms with Gasteiger partial charge in [0.2, 0.25) is 5.91 Å². The van der Waals surface area contributed by atoms with Gasteiger partial charge in [-0.05, 0) is 30.2 Å². The second kappa shape index (κ2) is 5.73. The number of hydrogen-bond acceptors (Lipinski definition) is 4. The fourth-order valence-corrected chi connectivity index (χ4v) is 2.10. The molecule has 0 radical (unpaired) electrons. The number of ether oxygens (including phenoxy) is 1. The lowest BCUT2D eigenvalue weighted by molar-refractivity contribution is -0.140. The minimum absolute atomic E-state index is 0.0688. The highest BCUT2D eigenvalue weighted by atomic mass is 16.5. The maximum absolute atomic E-state index is 11.3. The van der Waals surface area contributed by atoms with Gasteiger partial charge in [0.25, 0.3) is 0 Å². The van der Waals surface area contributed by atoms with Crippen LogP contribution in [0, 0.1) is 0 Å². The van der Waals surface area contributed by atoms with Gasteiger partial charge in [-0.3, -0.25) is 9.59 Å². The Morgan fingerprint density at radius 1 is 1.42 bits per heavy atom. The van der Waals surface area contributed by atoms with Gasteiger partial charge in [0.15, 0.2) is 0 Å². The van der Waals surface area contributed by atoms with Gasteiger partial charge in [-0.15, -0.1) is 0 Å². The highest BCUT2D eigenvalue weighted by Crippen LogP contribution is 2.27. The molecule has 1 heterocycles. The minimum atomic E-state index is -0.211. The summed E-state index contributed by atoms with van der Waals surface area (Å²) in [5.41, 5.74) is 3.07. The van der Waals surface area contributed by atoms with Crippen LogP contribution < -0.4 is 10.2 Å². The van der Waals surface area contributed by atoms with Crippen molar-refractivity contribution >= 4 is 23.3 Å². The molecule has 1 aliphatic rings. The lowest BCUT2D eigenvalue weighted by Gasteiger charge is -2.22. The third-order valence-corrected chi connectivity index (χ3v) is 3.30. The third-order valence-electron chi connectivity index (χ3n) is 3.30. The molecule has 0 saturated heterocycles. The number of amides is 1. The molecule has 1 aliphatic heterocycles. The van der Waals surface area contributed by atoms with Crippen molar-refractivity contribution in [3.05, 3.63) is 23.8 Å². The molecule has 1 amide bonds. The van der Waals surface area contributed by atoms with Crippen molar-refractivity contribution < 1.29 is 14.3 Å². The maximum atomic E-state index is 11.3. The quantitative estimate of drug-likeness (QED) is 0.837. The number of hydrogen-bond donors (Lipinski definition) is 1. The number of carbonyl (C=O) groups excluding carboxylic acids is 2. The Kier molecular flexibility index (Phi) is 4.04. The number of esters is 1. The van der Waals surface area contributed by atoms with Crippen LogP contribution >= 0.6 is 0 Å². The van der Waals surface area contributed by atoms with E-state index in [9.17, 15) is 9.59 Å². The predicted octanol–water partition coefficient (Wildman–Crippen LogP) is 1.57. The van der Waals surface area contributed by atoms with Gasteiger partial charge in [-0.25, -0.2) is 0 Å². The summed E-state index contributed by atoms with van der Waals surface area (Å²) in [5, 5.41) is 2.85. The molecule has 0 atom stereocenters. The van der Waals surface area contributed by atoms with E-state index in [1.165, 1.54) is 7.11 Å². The van der Waals surface area contributed by atoms with Crippen molar-refractivity contribution in [2.75, 3.05) is 30.9 Å². The zero-order valence-electron chi connectivity index (χ0n) is 11.2. The van der Waals surface area contributed by atoms with Gasteiger partial charge in [0.1, 0.15) is 0 Å². The first-order chi connectivity index (χ1) is 9.10. The minimum Gasteiger partial charge on any atom is -0.469 e. The summed E-state index contributed by atoms with van der Waals surface area (Å²) in [6, 6.07) is 5.92. The molecule has 102 valence electrons. The summed E-state index contributed by atoms with van der Waals surface area (Å²) in [6.45, 7) is 0.609. The molecular weight excluding hydrogens is 244 g/mol. The van der Waals surface area contributed by atoms with E-state index in [2.05, 4.69) is 16.1 Å². The summed E-state index contributed by atoms with van der Waals surface area (Å²) < 4.78 is 4.63. The van der Waals surface area contributed by atoms with E-state index in [0.29, 0.717) is 19.4 Å². The molecule has 0 unspecified atom stereocenters. The van der Waals surface area contributed by atoms with E-state index in [1.54, 1.807) is 0 Å². The maximum Gasteiger partial charge on any atom is 0.307 e. The van der Waals surface area contributed by atoms with Crippen LogP contribution in [0.5, 0.6) is 0 Å². The van der Waals surface area contributed by atoms with Gasteiger partial charge in [0, 0.05) is 31.4 Å². The normalized spacial score (nSPS) is 13.5. The van der Waals surface area contributed by atoms with Crippen molar-refractivity contribution in [2.45, 2.75) is 19.3 Å². The Balaban J connectivity index is 2.05. The summed E-state index contributed by atoms with van der Waals surface area (Å²) in [4.78, 5) is 24.4. The fraction of sp³-hybridized carbons (Fsp3) is 0.429. The topological polar surface area (TPSA) is 58.6 Å². The van der Waals surface area contributed by atoms with Gasteiger partial charge >= 0.3 is 5.97 Å². The smallest absolute Gasteiger partial charge is 0.307 e. The largest absolute Gasteiger partial charge is 0.469 e. The average molecular weight is 262 g/mol. The van der Waals surface area contributed by atoms with Gasteiger partial charge in [0.05, 0.1) is 13.5 Å². The summed E-state index contributed by atoms with van der Waals surface area (Å²) in [6.07, 6.45) is 1.66. The number of methoxy groups -OCH3 is 1. The number of benzene rings is 1. The Bertz CT molecular complexity index is 499. The molecule has 2 rings (SSSR count). The molecule has 5 nitrogen and oxygen atoms in total. The molecule has 0 fully saturated rings. The van der Waals surface area contributed by atoms with Crippen LogP contribution in [0.15, 0.2) is 18.2 Å². The van der Waals surface area contributed by atoms with Crippen molar-refractivity contribution in [1.29, 1.82) is 0 Å². The molecular formula is C14H18N2O3. The number of carbonyl (C=O) groups is 2. The Morgan fingerprint density at radius 2 is 2.21 bits per heavy atom. The number of fused-ring (bicyclic) bond motifs is 1. The number of aryl methyl sites for hydroxylation is 1. The molecule has 0 saturated carbocycles. The molecule has 0 bridgehead atoms. The van der Waals surface area contributed by atoms with Crippen LogP contribution in [-0.4, -0.2) is 32.6 Å². The second-order valence-corrected chi connectivity index (χ2v) is 4.64. The van der Waals surface area contributed by atoms with Gasteiger partial charge < -0.3 is 15.0 Å². The average Bonchev–Trinajstić information content (AvgIpc) is 2.43. The standard InChI is InChI=1S/C14H18N2O3/c1-16(8-7-14(18)19-2)11-4-5-12-10(9-11)3-6-13(17)15-12/h4-5,9H,3,6-8H2,1-2H3,(H,15,17). The first kappa shape index (κ1) is 13.4. The van der Waals surface area contributed by atoms with E-state index in [-0.39, 0.29) is 11.9 Å². The Labute approximate surface area is 112 Å². The molecule has 19 heavy (non-hydrogen) atoms. The Hall–Kier alpha value is -2.04. The van der Waals surface area contributed by atoms with Crippen molar-refractivity contribution in [2.24, 2.45) is 0 Å². The molecule has 1 aromatic rings. The second-order valence-electron chi connectivity index (χ2n) is 4.64. The molecule has 1 N–H and O–H groups in total. The number of rotatable bonds is 4. The van der Waals surface area contributed by atoms with E-state index < -0.39 is 0 Å². The van der Waals surface area contributed by atoms with E-state index in [4.69, 9.17) is 0 Å². The lowest BCUT2D eigenvalue weighted by Crippen LogP contribution is -2.23. The van der Waals surface area contributed by atoms with Crippen LogP contribution in [0.25, 0.3) is 0 Å². The summed E-state index contributed by atoms with van der Waals surface area (Å²) in [5.74, 6) is -0.142. The highest BCUT2D eigenvalue weighted by molar-refractivity contribution is 5.94. The SMILES string of the molecule is COC(=O)CCN(C)c1ccc2c(c1)CCC(=O)N2. The Morgan fingerprint density at radius 3 is 2.95 bits per heavy atom. The summed E-state index contributed by atoms with van der Waals surface area (Å²) in [7, 11) is 3.33. The van der Waals surface area contributed by atoms with E-state index in [1.807, 2.05) is 24.1 Å². The fourth-order valence-electron chi connectivity index (χ4n) is 2.10. The van der Waals surface area contributed by atoms with Crippen LogP contribution in [0.4, 0.5) is 11.4 Å². The first-order valence-electron chi connectivity index (χ1n) is 6.31. The van der Waals surface area contributed by atoms with Crippen molar-refractivity contribution in [3.8, 4) is 0 Å². The van der Waals surface area contributed by atoms with Crippen LogP contribution in [0.3, 0.4) is 0 Å². The molecule has 0 aromatic heterocycles. The van der Waals surface area contributed by atoms with Crippen LogP contribution in [0.1, 0.15) is 18.4 Å². The van der Waals surface area contributed by atoms with E-state index >= 15 is 0 Å². The summed E-state index contributed by atoms with van der Waals surface area (Å²) >= 11 is 0. The van der Waals surface area contributed by atoms with Crippen LogP contribution in [-0.2, 0) is 20.7 Å². The van der Waals surface area contributed by atoms with Gasteiger partial charge in [-0.2, -0.15) is 0 Å². The molecule has 1 aromatic carbocycles. The molecule has 0 spiro atoms. The predicted molar refractivity (Wildman–Crippen MR) is 73.3 cm³/mol. The van der Waals surface area contributed by atoms with Crippen molar-refractivity contribution in [3.63, 3.8) is 0 Å². The first-order valence-corrected chi connectivity index (χ1v) is 6.31. The highest BCUT2D eigenvalue weighted by Gasteiger charge is 2.15. The van der Waals surface area contributed by atoms with Gasteiger partial charge in [-0.1, -0.05) is 0 Å². The van der Waals surface area contributed by atoms with E-state index in [0.717, 1.165) is 23.4 Å². The number of nitrogens with zero attached hydrogens (tertiary/aromatic N) is 1. The third kappa shape index (κ3) is 3.24. The number of anilines is 2. The lowest BCUT2D eigenvalue weighted by atomic mass is 10.0. The number of nitrogens with one attached hydrogen (secondary N) is 1. The van der Waals surface area contributed by atoms with Crippen molar-refractivity contribution in [1.82, 2.24) is 0 Å². The van der Waals surface area contributed by atoms with Crippen LogP contribution in [0.2, 0.25) is 0 Å². The molecule has 5 heteroatoms. The monoisotopic (exact) mass is 262 g/mol. The zero-order chi connectivity index (χ0) is 13.8. The molecule has 0 aliphatic carbocycles.